The maximum atomic E-state index is 9.46. The van der Waals surface area contributed by atoms with Crippen LogP contribution in [-0.2, 0) is 13.0 Å². The summed E-state index contributed by atoms with van der Waals surface area (Å²) in [5.41, 5.74) is 7.19. The molecule has 8 nitrogen and oxygen atoms in total. The second-order valence-electron chi connectivity index (χ2n) is 6.23. The highest BCUT2D eigenvalue weighted by Crippen LogP contribution is 2.29. The number of nitrogen functional groups attached to an aromatic ring is 1. The van der Waals surface area contributed by atoms with Crippen molar-refractivity contribution in [1.82, 2.24) is 19.7 Å². The molecular formula is C16H28ClN5O3. The number of hydrogen-bond donors (Lipinski definition) is 3. The van der Waals surface area contributed by atoms with E-state index in [2.05, 4.69) is 22.1 Å². The van der Waals surface area contributed by atoms with E-state index in [4.69, 9.17) is 10.5 Å². The van der Waals surface area contributed by atoms with Gasteiger partial charge in [-0.15, -0.1) is 22.6 Å². The first-order valence-corrected chi connectivity index (χ1v) is 8.41. The number of fused-ring (bicyclic) bond motifs is 1. The highest BCUT2D eigenvalue weighted by Gasteiger charge is 2.22. The molecule has 0 spiro atoms. The van der Waals surface area contributed by atoms with E-state index in [1.54, 1.807) is 0 Å². The molecule has 2 heterocycles. The molecule has 0 aliphatic heterocycles. The summed E-state index contributed by atoms with van der Waals surface area (Å²) in [6.45, 7) is 6.12. The van der Waals surface area contributed by atoms with Crippen LogP contribution in [0.5, 0.6) is 5.88 Å². The van der Waals surface area contributed by atoms with Crippen molar-refractivity contribution in [3.8, 4) is 5.88 Å². The summed E-state index contributed by atoms with van der Waals surface area (Å²) in [5, 5.41) is 26.9. The van der Waals surface area contributed by atoms with E-state index in [-0.39, 0.29) is 43.5 Å². The first-order chi connectivity index (χ1) is 11.5. The predicted octanol–water partition coefficient (Wildman–Crippen LogP) is 1.56. The van der Waals surface area contributed by atoms with Gasteiger partial charge in [0.1, 0.15) is 16.9 Å². The minimum atomic E-state index is -0.288. The topological polar surface area (TPSA) is 119 Å². The van der Waals surface area contributed by atoms with Crippen LogP contribution in [0.4, 0.5) is 5.82 Å². The number of aryl methyl sites for hydroxylation is 1. The first-order valence-electron chi connectivity index (χ1n) is 8.41. The molecule has 0 unspecified atom stereocenters. The lowest BCUT2D eigenvalue weighted by Gasteiger charge is -2.17. The van der Waals surface area contributed by atoms with Crippen LogP contribution in [0.25, 0.3) is 11.0 Å². The van der Waals surface area contributed by atoms with Gasteiger partial charge in [-0.05, 0) is 20.3 Å². The Hall–Kier alpha value is -1.64. The van der Waals surface area contributed by atoms with Gasteiger partial charge in [0, 0.05) is 32.1 Å². The Morgan fingerprint density at radius 1 is 1.20 bits per heavy atom. The molecule has 9 heteroatoms. The average molecular weight is 374 g/mol. The number of rotatable bonds is 9. The number of nitrogens with two attached hydrogens (primary N) is 1. The minimum Gasteiger partial charge on any atom is -0.472 e. The molecule has 2 rings (SSSR count). The molecule has 25 heavy (non-hydrogen) atoms. The van der Waals surface area contributed by atoms with Crippen molar-refractivity contribution in [3.05, 3.63) is 5.82 Å². The molecule has 0 bridgehead atoms. The Morgan fingerprint density at radius 3 is 2.44 bits per heavy atom. The molecule has 0 fully saturated rings. The van der Waals surface area contributed by atoms with E-state index >= 15 is 0 Å². The standard InChI is InChI=1S/C16H27N5O3.ClH/c1-4-5-6-12-18-13-14(21(12)7-11(8-22)9-23)16(24-10(2)3)20-19-15(13)17;/h10-11,22-23H,4-9H2,1-3H3,(H2,17,19);1H. The largest absolute Gasteiger partial charge is 0.472 e. The van der Waals surface area contributed by atoms with Crippen LogP contribution in [0.3, 0.4) is 0 Å². The van der Waals surface area contributed by atoms with E-state index in [9.17, 15) is 10.2 Å². The summed E-state index contributed by atoms with van der Waals surface area (Å²) >= 11 is 0. The van der Waals surface area contributed by atoms with Gasteiger partial charge in [-0.2, -0.15) is 0 Å². The zero-order valence-electron chi connectivity index (χ0n) is 15.0. The molecule has 0 radical (unpaired) electrons. The van der Waals surface area contributed by atoms with Crippen LogP contribution in [0.1, 0.15) is 39.4 Å². The van der Waals surface area contributed by atoms with E-state index in [1.165, 1.54) is 0 Å². The maximum Gasteiger partial charge on any atom is 0.260 e. The van der Waals surface area contributed by atoms with E-state index in [0.717, 1.165) is 25.1 Å². The highest BCUT2D eigenvalue weighted by molar-refractivity contribution is 5.88. The monoisotopic (exact) mass is 373 g/mol. The van der Waals surface area contributed by atoms with Crippen molar-refractivity contribution >= 4 is 29.3 Å². The normalized spacial score (nSPS) is 11.3. The Bertz CT molecular complexity index is 673. The van der Waals surface area contributed by atoms with Gasteiger partial charge in [0.2, 0.25) is 0 Å². The van der Waals surface area contributed by atoms with Gasteiger partial charge < -0.3 is 25.3 Å². The van der Waals surface area contributed by atoms with Crippen LogP contribution in [0, 0.1) is 5.92 Å². The number of imidazole rings is 1. The fraction of sp³-hybridized carbons (Fsp3) is 0.688. The predicted molar refractivity (Wildman–Crippen MR) is 99.0 cm³/mol. The van der Waals surface area contributed by atoms with Gasteiger partial charge in [-0.1, -0.05) is 13.3 Å². The number of nitrogens with zero attached hydrogens (tertiary/aromatic N) is 4. The third-order valence-electron chi connectivity index (χ3n) is 3.80. The molecule has 0 atom stereocenters. The summed E-state index contributed by atoms with van der Waals surface area (Å²) in [4.78, 5) is 4.63. The van der Waals surface area contributed by atoms with Crippen LogP contribution < -0.4 is 10.5 Å². The van der Waals surface area contributed by atoms with Gasteiger partial charge in [0.25, 0.3) is 5.88 Å². The van der Waals surface area contributed by atoms with Crippen molar-refractivity contribution in [1.29, 1.82) is 0 Å². The summed E-state index contributed by atoms with van der Waals surface area (Å²) in [6, 6.07) is 0. The molecule has 0 saturated heterocycles. The van der Waals surface area contributed by atoms with Crippen LogP contribution in [0.15, 0.2) is 0 Å². The van der Waals surface area contributed by atoms with E-state index in [1.807, 2.05) is 18.4 Å². The second kappa shape index (κ2) is 9.74. The van der Waals surface area contributed by atoms with Gasteiger partial charge in [-0.25, -0.2) is 4.98 Å². The Morgan fingerprint density at radius 2 is 1.88 bits per heavy atom. The number of halogens is 1. The van der Waals surface area contributed by atoms with Crippen molar-refractivity contribution < 1.29 is 14.9 Å². The summed E-state index contributed by atoms with van der Waals surface area (Å²) in [5.74, 6) is 1.18. The number of ether oxygens (including phenoxy) is 1. The van der Waals surface area contributed by atoms with Gasteiger partial charge >= 0.3 is 0 Å². The number of aliphatic hydroxyl groups excluding tert-OH is 2. The lowest BCUT2D eigenvalue weighted by Crippen LogP contribution is -2.20. The Balaban J connectivity index is 0.00000312. The van der Waals surface area contributed by atoms with Gasteiger partial charge in [-0.3, -0.25) is 0 Å². The molecule has 0 aliphatic rings. The smallest absolute Gasteiger partial charge is 0.260 e. The highest BCUT2D eigenvalue weighted by atomic mass is 35.5. The summed E-state index contributed by atoms with van der Waals surface area (Å²) < 4.78 is 7.72. The SMILES string of the molecule is CCCCc1nc2c(N)nnc(OC(C)C)c2n1CC(CO)CO.Cl. The fourth-order valence-electron chi connectivity index (χ4n) is 2.55. The molecule has 0 aliphatic carbocycles. The molecule has 142 valence electrons. The maximum absolute atomic E-state index is 9.46. The fourth-order valence-corrected chi connectivity index (χ4v) is 2.55. The third kappa shape index (κ3) is 4.93. The molecule has 2 aromatic heterocycles. The van der Waals surface area contributed by atoms with Crippen LogP contribution >= 0.6 is 12.4 Å². The molecular weight excluding hydrogens is 346 g/mol. The minimum absolute atomic E-state index is 0. The molecule has 2 aromatic rings. The molecule has 0 aromatic carbocycles. The van der Waals surface area contributed by atoms with E-state index < -0.39 is 0 Å². The summed E-state index contributed by atoms with van der Waals surface area (Å²) in [7, 11) is 0. The number of unbranched alkanes of at least 4 members (excludes halogenated alkanes) is 1. The average Bonchev–Trinajstić information content (AvgIpc) is 2.92. The van der Waals surface area contributed by atoms with Gasteiger partial charge in [0.15, 0.2) is 5.82 Å². The number of hydrogen-bond acceptors (Lipinski definition) is 7. The molecule has 4 N–H and O–H groups in total. The number of aliphatic hydroxyl groups is 2. The molecule has 0 amide bonds. The second-order valence-corrected chi connectivity index (χ2v) is 6.23. The lowest BCUT2D eigenvalue weighted by atomic mass is 10.1. The van der Waals surface area contributed by atoms with Crippen LogP contribution in [0.2, 0.25) is 0 Å². The number of anilines is 1. The van der Waals surface area contributed by atoms with Crippen LogP contribution in [-0.4, -0.2) is 49.3 Å². The quantitative estimate of drug-likeness (QED) is 0.610. The van der Waals surface area contributed by atoms with Crippen molar-refractivity contribution in [2.24, 2.45) is 5.92 Å². The zero-order valence-corrected chi connectivity index (χ0v) is 15.8. The first kappa shape index (κ1) is 21.4. The van der Waals surface area contributed by atoms with E-state index in [0.29, 0.717) is 23.5 Å². The lowest BCUT2D eigenvalue weighted by molar-refractivity contribution is 0.137. The molecule has 0 saturated carbocycles. The zero-order chi connectivity index (χ0) is 17.7. The summed E-state index contributed by atoms with van der Waals surface area (Å²) in [6.07, 6.45) is 2.72. The van der Waals surface area contributed by atoms with Crippen molar-refractivity contribution in [2.75, 3.05) is 18.9 Å². The van der Waals surface area contributed by atoms with Gasteiger partial charge in [0.05, 0.1) is 6.10 Å². The van der Waals surface area contributed by atoms with Crippen molar-refractivity contribution in [3.63, 3.8) is 0 Å². The number of aromatic nitrogens is 4. The Kier molecular flexibility index (Phi) is 8.34. The Labute approximate surface area is 153 Å². The third-order valence-corrected chi connectivity index (χ3v) is 3.80. The van der Waals surface area contributed by atoms with Crippen molar-refractivity contribution in [2.45, 2.75) is 52.7 Å².